The van der Waals surface area contributed by atoms with Gasteiger partial charge in [-0.05, 0) is 25.0 Å². The van der Waals surface area contributed by atoms with Gasteiger partial charge in [-0.2, -0.15) is 0 Å². The monoisotopic (exact) mass is 309 g/mol. The predicted octanol–water partition coefficient (Wildman–Crippen LogP) is 3.33. The van der Waals surface area contributed by atoms with Crippen molar-refractivity contribution < 1.29 is 13.9 Å². The lowest BCUT2D eigenvalue weighted by Gasteiger charge is -2.38. The number of thiocarbonyl (C=S) groups is 1. The lowest BCUT2D eigenvalue weighted by molar-refractivity contribution is -0.108. The van der Waals surface area contributed by atoms with E-state index in [1.807, 2.05) is 0 Å². The maximum Gasteiger partial charge on any atom is 0.137 e. The van der Waals surface area contributed by atoms with E-state index in [0.29, 0.717) is 12.4 Å². The molecule has 1 aliphatic heterocycles. The predicted molar refractivity (Wildman–Crippen MR) is 83.1 cm³/mol. The average molecular weight is 309 g/mol. The summed E-state index contributed by atoms with van der Waals surface area (Å²) in [5.41, 5.74) is 5.80. The van der Waals surface area contributed by atoms with Crippen molar-refractivity contribution in [2.75, 3.05) is 6.61 Å². The molecule has 0 radical (unpaired) electrons. The first-order valence-electron chi connectivity index (χ1n) is 7.49. The van der Waals surface area contributed by atoms with E-state index in [4.69, 9.17) is 27.4 Å². The number of hydrogen-bond donors (Lipinski definition) is 1. The Bertz CT molecular complexity index is 543. The molecule has 1 heterocycles. The minimum absolute atomic E-state index is 0.0281. The fourth-order valence-corrected chi connectivity index (χ4v) is 3.67. The van der Waals surface area contributed by atoms with Crippen LogP contribution < -0.4 is 10.5 Å². The maximum absolute atomic E-state index is 13.9. The fraction of sp³-hybridized carbons (Fsp3) is 0.562. The van der Waals surface area contributed by atoms with Gasteiger partial charge in [0.1, 0.15) is 22.7 Å². The molecule has 1 aliphatic carbocycles. The molecule has 1 saturated carbocycles. The van der Waals surface area contributed by atoms with Gasteiger partial charge in [-0.1, -0.05) is 31.1 Å². The van der Waals surface area contributed by atoms with Crippen molar-refractivity contribution in [2.45, 2.75) is 50.2 Å². The van der Waals surface area contributed by atoms with Crippen molar-refractivity contribution in [1.82, 2.24) is 0 Å². The summed E-state index contributed by atoms with van der Waals surface area (Å²) in [4.78, 5) is 0.0331. The van der Waals surface area contributed by atoms with Gasteiger partial charge < -0.3 is 15.2 Å². The zero-order valence-electron chi connectivity index (χ0n) is 11.9. The molecule has 1 atom stereocenters. The Labute approximate surface area is 129 Å². The standard InChI is InChI=1S/C16H20FNO2S/c17-12-4-3-5-13(14(12)15(18)21)20-11-6-9-19-16(10-11)7-1-2-8-16/h3-5,11H,1-2,6-10H2,(H2,18,21). The Morgan fingerprint density at radius 3 is 2.86 bits per heavy atom. The molecule has 21 heavy (non-hydrogen) atoms. The van der Waals surface area contributed by atoms with Gasteiger partial charge in [0, 0.05) is 12.8 Å². The first-order valence-corrected chi connectivity index (χ1v) is 7.89. The molecule has 1 saturated heterocycles. The van der Waals surface area contributed by atoms with Crippen LogP contribution in [0.15, 0.2) is 18.2 Å². The van der Waals surface area contributed by atoms with Crippen LogP contribution in [0.4, 0.5) is 4.39 Å². The van der Waals surface area contributed by atoms with Gasteiger partial charge in [0.25, 0.3) is 0 Å². The quantitative estimate of drug-likeness (QED) is 0.870. The Kier molecular flexibility index (Phi) is 4.13. The van der Waals surface area contributed by atoms with Crippen LogP contribution in [0.5, 0.6) is 5.75 Å². The number of halogens is 1. The second-order valence-corrected chi connectivity index (χ2v) is 6.39. The van der Waals surface area contributed by atoms with Crippen LogP contribution in [0.2, 0.25) is 0 Å². The highest BCUT2D eigenvalue weighted by molar-refractivity contribution is 7.80. The van der Waals surface area contributed by atoms with Gasteiger partial charge in [-0.15, -0.1) is 0 Å². The summed E-state index contributed by atoms with van der Waals surface area (Å²) in [5, 5.41) is 0. The maximum atomic E-state index is 13.9. The van der Waals surface area contributed by atoms with Crippen molar-refractivity contribution in [1.29, 1.82) is 0 Å². The molecule has 0 aromatic heterocycles. The van der Waals surface area contributed by atoms with E-state index in [1.54, 1.807) is 12.1 Å². The molecule has 0 amide bonds. The van der Waals surface area contributed by atoms with Crippen molar-refractivity contribution >= 4 is 17.2 Å². The smallest absolute Gasteiger partial charge is 0.137 e. The van der Waals surface area contributed by atoms with Crippen molar-refractivity contribution in [3.05, 3.63) is 29.6 Å². The van der Waals surface area contributed by atoms with Crippen LogP contribution in [0, 0.1) is 5.82 Å². The molecule has 0 bridgehead atoms. The van der Waals surface area contributed by atoms with E-state index in [9.17, 15) is 4.39 Å². The Morgan fingerprint density at radius 1 is 1.38 bits per heavy atom. The van der Waals surface area contributed by atoms with Gasteiger partial charge in [0.05, 0.1) is 17.8 Å². The molecule has 1 aromatic carbocycles. The van der Waals surface area contributed by atoms with E-state index in [2.05, 4.69) is 0 Å². The Hall–Kier alpha value is -1.20. The third-order valence-electron chi connectivity index (χ3n) is 4.48. The number of ether oxygens (including phenoxy) is 2. The molecule has 5 heteroatoms. The molecular formula is C16H20FNO2S. The topological polar surface area (TPSA) is 44.5 Å². The molecule has 1 spiro atoms. The van der Waals surface area contributed by atoms with E-state index in [-0.39, 0.29) is 22.3 Å². The Balaban J connectivity index is 1.77. The van der Waals surface area contributed by atoms with Gasteiger partial charge in [0.2, 0.25) is 0 Å². The molecule has 3 nitrogen and oxygen atoms in total. The van der Waals surface area contributed by atoms with Gasteiger partial charge in [0.15, 0.2) is 0 Å². The number of nitrogens with two attached hydrogens (primary N) is 1. The number of rotatable bonds is 3. The highest BCUT2D eigenvalue weighted by atomic mass is 32.1. The largest absolute Gasteiger partial charge is 0.489 e. The molecule has 1 aromatic rings. The Morgan fingerprint density at radius 2 is 2.14 bits per heavy atom. The average Bonchev–Trinajstić information content (AvgIpc) is 2.86. The molecule has 2 N–H and O–H groups in total. The molecule has 114 valence electrons. The van der Waals surface area contributed by atoms with Crippen LogP contribution in [0.25, 0.3) is 0 Å². The highest BCUT2D eigenvalue weighted by Crippen LogP contribution is 2.41. The number of hydrogen-bond acceptors (Lipinski definition) is 3. The minimum atomic E-state index is -0.428. The second-order valence-electron chi connectivity index (χ2n) is 5.95. The van der Waals surface area contributed by atoms with Gasteiger partial charge in [-0.25, -0.2) is 4.39 Å². The van der Waals surface area contributed by atoms with Crippen molar-refractivity contribution in [3.63, 3.8) is 0 Å². The number of benzene rings is 1. The molecule has 1 unspecified atom stereocenters. The van der Waals surface area contributed by atoms with Crippen LogP contribution in [0.1, 0.15) is 44.1 Å². The summed E-state index contributed by atoms with van der Waals surface area (Å²) >= 11 is 4.94. The summed E-state index contributed by atoms with van der Waals surface area (Å²) in [6.07, 6.45) is 6.33. The minimum Gasteiger partial charge on any atom is -0.489 e. The second kappa shape index (κ2) is 5.89. The van der Waals surface area contributed by atoms with E-state index in [1.165, 1.54) is 18.9 Å². The first-order chi connectivity index (χ1) is 10.1. The summed E-state index contributed by atoms with van der Waals surface area (Å²) in [6, 6.07) is 4.70. The summed E-state index contributed by atoms with van der Waals surface area (Å²) in [7, 11) is 0. The van der Waals surface area contributed by atoms with Crippen molar-refractivity contribution in [3.8, 4) is 5.75 Å². The third kappa shape index (κ3) is 3.04. The third-order valence-corrected chi connectivity index (χ3v) is 4.68. The highest BCUT2D eigenvalue weighted by Gasteiger charge is 2.40. The van der Waals surface area contributed by atoms with E-state index in [0.717, 1.165) is 25.7 Å². The van der Waals surface area contributed by atoms with Crippen molar-refractivity contribution in [2.24, 2.45) is 5.73 Å². The molecule has 2 aliphatic rings. The van der Waals surface area contributed by atoms with Crippen LogP contribution >= 0.6 is 12.2 Å². The van der Waals surface area contributed by atoms with E-state index < -0.39 is 5.82 Å². The van der Waals surface area contributed by atoms with Crippen LogP contribution in [-0.2, 0) is 4.74 Å². The SMILES string of the molecule is NC(=S)c1c(F)cccc1OC1CCOC2(CCCC2)C1. The fourth-order valence-electron chi connectivity index (χ4n) is 3.47. The summed E-state index contributed by atoms with van der Waals surface area (Å²) in [5.74, 6) is 0.0187. The summed E-state index contributed by atoms with van der Waals surface area (Å²) < 4.78 is 25.9. The zero-order valence-corrected chi connectivity index (χ0v) is 12.8. The van der Waals surface area contributed by atoms with Crippen LogP contribution in [-0.4, -0.2) is 23.3 Å². The lowest BCUT2D eigenvalue weighted by Crippen LogP contribution is -2.42. The molecule has 2 fully saturated rings. The first kappa shape index (κ1) is 14.7. The molecular weight excluding hydrogens is 289 g/mol. The summed E-state index contributed by atoms with van der Waals surface area (Å²) in [6.45, 7) is 0.697. The zero-order chi connectivity index (χ0) is 14.9. The molecule has 3 rings (SSSR count). The van der Waals surface area contributed by atoms with Crippen LogP contribution in [0.3, 0.4) is 0 Å². The van der Waals surface area contributed by atoms with E-state index >= 15 is 0 Å². The normalized spacial score (nSPS) is 24.1. The lowest BCUT2D eigenvalue weighted by atomic mass is 9.90. The van der Waals surface area contributed by atoms with Gasteiger partial charge in [-0.3, -0.25) is 0 Å². The van der Waals surface area contributed by atoms with Gasteiger partial charge >= 0.3 is 0 Å².